The highest BCUT2D eigenvalue weighted by atomic mass is 32.1. The Labute approximate surface area is 185 Å². The predicted octanol–water partition coefficient (Wildman–Crippen LogP) is 3.08. The maximum absolute atomic E-state index is 13.0. The van der Waals surface area contributed by atoms with E-state index in [1.54, 1.807) is 27.8 Å². The van der Waals surface area contributed by atoms with E-state index in [0.717, 1.165) is 17.4 Å². The molecule has 0 spiro atoms. The van der Waals surface area contributed by atoms with E-state index >= 15 is 0 Å². The Bertz CT molecular complexity index is 1220. The third kappa shape index (κ3) is 4.79. The highest BCUT2D eigenvalue weighted by Crippen LogP contribution is 2.33. The molecule has 0 atom stereocenters. The lowest BCUT2D eigenvalue weighted by molar-refractivity contribution is -0.137. The van der Waals surface area contributed by atoms with Gasteiger partial charge in [-0.1, -0.05) is 0 Å². The molecule has 0 aliphatic carbocycles. The van der Waals surface area contributed by atoms with Crippen LogP contribution in [0, 0.1) is 20.8 Å². The number of nitrogens with zero attached hydrogens (tertiary/aromatic N) is 4. The molecule has 32 heavy (non-hydrogen) atoms. The van der Waals surface area contributed by atoms with Gasteiger partial charge in [-0.3, -0.25) is 9.59 Å². The van der Waals surface area contributed by atoms with Crippen molar-refractivity contribution in [2.45, 2.75) is 26.9 Å². The molecule has 0 aliphatic heterocycles. The van der Waals surface area contributed by atoms with Gasteiger partial charge in [-0.25, -0.2) is 14.6 Å². The van der Waals surface area contributed by atoms with Gasteiger partial charge in [0.15, 0.2) is 0 Å². The number of hydrogen-bond acceptors (Lipinski definition) is 7. The average Bonchev–Trinajstić information content (AvgIpc) is 3.10. The number of aromatic nitrogens is 4. The molecule has 1 amide bonds. The summed E-state index contributed by atoms with van der Waals surface area (Å²) in [6.07, 6.45) is -3.28. The van der Waals surface area contributed by atoms with Crippen molar-refractivity contribution in [1.82, 2.24) is 25.1 Å². The first-order valence-electron chi connectivity index (χ1n) is 9.57. The Morgan fingerprint density at radius 1 is 1.19 bits per heavy atom. The number of hydrogen-bond donors (Lipinski definition) is 2. The van der Waals surface area contributed by atoms with Gasteiger partial charge >= 0.3 is 6.18 Å². The number of anilines is 1. The minimum absolute atomic E-state index is 0.0414. The van der Waals surface area contributed by atoms with Crippen molar-refractivity contribution < 1.29 is 18.0 Å². The molecule has 170 valence electrons. The van der Waals surface area contributed by atoms with Crippen LogP contribution in [-0.4, -0.2) is 38.7 Å². The summed E-state index contributed by atoms with van der Waals surface area (Å²) < 4.78 is 40.3. The zero-order chi connectivity index (χ0) is 23.6. The summed E-state index contributed by atoms with van der Waals surface area (Å²) in [5.41, 5.74) is 1.03. The van der Waals surface area contributed by atoms with E-state index in [1.807, 2.05) is 0 Å². The second kappa shape index (κ2) is 9.07. The molecule has 0 fully saturated rings. The third-order valence-electron chi connectivity index (χ3n) is 4.76. The quantitative estimate of drug-likeness (QED) is 0.542. The molecule has 0 saturated heterocycles. The van der Waals surface area contributed by atoms with Crippen molar-refractivity contribution in [3.8, 4) is 10.6 Å². The molecule has 0 radical (unpaired) electrons. The Balaban J connectivity index is 1.70. The number of thiazole rings is 1. The van der Waals surface area contributed by atoms with E-state index in [2.05, 4.69) is 25.7 Å². The van der Waals surface area contributed by atoms with Crippen LogP contribution in [0.3, 0.4) is 0 Å². The number of carbonyl (C=O) groups is 1. The van der Waals surface area contributed by atoms with E-state index in [0.29, 0.717) is 32.4 Å². The van der Waals surface area contributed by atoms with Crippen molar-refractivity contribution in [1.29, 1.82) is 0 Å². The van der Waals surface area contributed by atoms with E-state index in [1.165, 1.54) is 16.9 Å². The summed E-state index contributed by atoms with van der Waals surface area (Å²) in [4.78, 5) is 33.6. The van der Waals surface area contributed by atoms with Gasteiger partial charge in [0.25, 0.3) is 11.5 Å². The number of rotatable bonds is 6. The van der Waals surface area contributed by atoms with Gasteiger partial charge in [0.2, 0.25) is 0 Å². The zero-order valence-corrected chi connectivity index (χ0v) is 18.6. The first-order chi connectivity index (χ1) is 15.0. The van der Waals surface area contributed by atoms with E-state index in [-0.39, 0.29) is 24.5 Å². The van der Waals surface area contributed by atoms with Gasteiger partial charge in [0.1, 0.15) is 15.7 Å². The summed E-state index contributed by atoms with van der Waals surface area (Å²) in [5, 5.41) is 9.79. The molecule has 0 aliphatic rings. The van der Waals surface area contributed by atoms with Crippen molar-refractivity contribution in [2.24, 2.45) is 7.05 Å². The van der Waals surface area contributed by atoms with E-state index in [9.17, 15) is 22.8 Å². The molecular weight excluding hydrogens is 445 g/mol. The normalized spacial score (nSPS) is 11.5. The lowest BCUT2D eigenvalue weighted by Crippen LogP contribution is -2.29. The van der Waals surface area contributed by atoms with Gasteiger partial charge < -0.3 is 10.6 Å². The second-order valence-corrected chi connectivity index (χ2v) is 8.03. The lowest BCUT2D eigenvalue weighted by Gasteiger charge is -2.13. The molecule has 3 rings (SSSR count). The van der Waals surface area contributed by atoms with Crippen molar-refractivity contribution in [3.63, 3.8) is 0 Å². The number of halogens is 3. The van der Waals surface area contributed by atoms with E-state index < -0.39 is 17.6 Å². The van der Waals surface area contributed by atoms with Crippen LogP contribution in [0.1, 0.15) is 32.2 Å². The van der Waals surface area contributed by atoms with Crippen molar-refractivity contribution in [2.75, 3.05) is 18.4 Å². The monoisotopic (exact) mass is 466 g/mol. The Hall–Kier alpha value is -3.28. The highest BCUT2D eigenvalue weighted by molar-refractivity contribution is 7.17. The number of pyridine rings is 1. The summed E-state index contributed by atoms with van der Waals surface area (Å²) in [5.74, 6) is -0.727. The van der Waals surface area contributed by atoms with Gasteiger partial charge in [0.05, 0.1) is 22.5 Å². The smallest absolute Gasteiger partial charge is 0.368 e. The zero-order valence-electron chi connectivity index (χ0n) is 17.8. The molecule has 0 unspecified atom stereocenters. The summed E-state index contributed by atoms with van der Waals surface area (Å²) in [6.45, 7) is 5.32. The molecule has 0 aromatic carbocycles. The van der Waals surface area contributed by atoms with Crippen LogP contribution in [0.25, 0.3) is 10.6 Å². The first kappa shape index (κ1) is 23.4. The van der Waals surface area contributed by atoms with Crippen LogP contribution in [0.4, 0.5) is 19.0 Å². The Morgan fingerprint density at radius 2 is 1.91 bits per heavy atom. The number of aryl methyl sites for hydroxylation is 3. The fourth-order valence-electron chi connectivity index (χ4n) is 3.03. The van der Waals surface area contributed by atoms with Gasteiger partial charge in [-0.05, 0) is 38.5 Å². The van der Waals surface area contributed by atoms with Crippen LogP contribution >= 0.6 is 11.3 Å². The Morgan fingerprint density at radius 3 is 2.59 bits per heavy atom. The molecule has 3 aromatic heterocycles. The fourth-order valence-corrected chi connectivity index (χ4v) is 4.10. The average molecular weight is 466 g/mol. The third-order valence-corrected chi connectivity index (χ3v) is 5.93. The van der Waals surface area contributed by atoms with E-state index in [4.69, 9.17) is 0 Å². The fraction of sp³-hybridized carbons (Fsp3) is 0.350. The van der Waals surface area contributed by atoms with Gasteiger partial charge in [0, 0.05) is 26.3 Å². The van der Waals surface area contributed by atoms with Crippen molar-refractivity contribution in [3.05, 3.63) is 56.1 Å². The first-order valence-corrected chi connectivity index (χ1v) is 10.4. The molecule has 3 heterocycles. The minimum atomic E-state index is -4.53. The predicted molar refractivity (Wildman–Crippen MR) is 115 cm³/mol. The number of amides is 1. The summed E-state index contributed by atoms with van der Waals surface area (Å²) in [7, 11) is 1.55. The van der Waals surface area contributed by atoms with Crippen LogP contribution in [0.2, 0.25) is 0 Å². The van der Waals surface area contributed by atoms with Crippen LogP contribution in [0.15, 0.2) is 23.1 Å². The topological polar surface area (TPSA) is 102 Å². The molecule has 8 nitrogen and oxygen atoms in total. The molecular formula is C20H21F3N6O2S. The van der Waals surface area contributed by atoms with Crippen LogP contribution in [0.5, 0.6) is 0 Å². The molecule has 3 aromatic rings. The largest absolute Gasteiger partial charge is 0.419 e. The maximum atomic E-state index is 13.0. The van der Waals surface area contributed by atoms with Crippen LogP contribution in [-0.2, 0) is 13.2 Å². The number of nitrogens with one attached hydrogen (secondary N) is 2. The Kier molecular flexibility index (Phi) is 6.63. The van der Waals surface area contributed by atoms with Gasteiger partial charge in [-0.15, -0.1) is 11.3 Å². The standard InChI is InChI=1S/C20H21F3N6O2S/c1-10-11(2)28-29(4)19(31)14(10)18-27-12(3)15(32-18)17(30)26-9-8-25-16-13(20(21,22)23)6-5-7-24-16/h5-7H,8-9H2,1-4H3,(H,24,25)(H,26,30). The van der Waals surface area contributed by atoms with Crippen LogP contribution < -0.4 is 16.2 Å². The number of carbonyl (C=O) groups excluding carboxylic acids is 1. The SMILES string of the molecule is Cc1nc(-c2c(C)c(C)nn(C)c2=O)sc1C(=O)NCCNc1ncccc1C(F)(F)F. The molecule has 0 saturated carbocycles. The number of alkyl halides is 3. The molecule has 12 heteroatoms. The minimum Gasteiger partial charge on any atom is -0.368 e. The summed E-state index contributed by atoms with van der Waals surface area (Å²) in [6, 6.07) is 2.14. The second-order valence-electron chi connectivity index (χ2n) is 7.03. The maximum Gasteiger partial charge on any atom is 0.419 e. The molecule has 2 N–H and O–H groups in total. The summed E-state index contributed by atoms with van der Waals surface area (Å²) >= 11 is 1.08. The molecule has 0 bridgehead atoms. The highest BCUT2D eigenvalue weighted by Gasteiger charge is 2.34. The van der Waals surface area contributed by atoms with Crippen molar-refractivity contribution >= 4 is 23.1 Å². The lowest BCUT2D eigenvalue weighted by atomic mass is 10.1. The van der Waals surface area contributed by atoms with Gasteiger partial charge in [-0.2, -0.15) is 18.3 Å².